The summed E-state index contributed by atoms with van der Waals surface area (Å²) in [5.74, 6) is -0.846. The van der Waals surface area contributed by atoms with Crippen LogP contribution in [0, 0.1) is 0 Å². The summed E-state index contributed by atoms with van der Waals surface area (Å²) in [5, 5.41) is 24.3. The number of carbonyl (C=O) groups excluding carboxylic acids is 2. The van der Waals surface area contributed by atoms with Gasteiger partial charge in [-0.05, 0) is 6.42 Å². The lowest BCUT2D eigenvalue weighted by Crippen LogP contribution is -2.45. The Morgan fingerprint density at radius 3 is 2.79 bits per heavy atom. The number of unbranched alkanes of at least 4 members (excludes halogenated alkanes) is 2. The average Bonchev–Trinajstić information content (AvgIpc) is 3.14. The van der Waals surface area contributed by atoms with Gasteiger partial charge in [0.25, 0.3) is 5.91 Å². The number of hydrogen-bond donors (Lipinski definition) is 4. The highest BCUT2D eigenvalue weighted by atomic mass is 32.1. The normalized spacial score (nSPS) is 26.5. The van der Waals surface area contributed by atoms with Crippen LogP contribution < -0.4 is 11.1 Å². The Hall–Kier alpha value is -1.55. The molecule has 0 aliphatic carbocycles. The van der Waals surface area contributed by atoms with Crippen LogP contribution in [0.15, 0.2) is 5.38 Å². The third kappa shape index (κ3) is 4.29. The Balaban J connectivity index is 2.11. The van der Waals surface area contributed by atoms with E-state index in [-0.39, 0.29) is 18.2 Å². The van der Waals surface area contributed by atoms with Crippen LogP contribution in [0.25, 0.3) is 0 Å². The van der Waals surface area contributed by atoms with E-state index < -0.39 is 30.3 Å². The van der Waals surface area contributed by atoms with Crippen LogP contribution >= 0.6 is 11.3 Å². The van der Waals surface area contributed by atoms with Crippen molar-refractivity contribution in [2.75, 3.05) is 6.61 Å². The first-order valence-electron chi connectivity index (χ1n) is 7.96. The van der Waals surface area contributed by atoms with Gasteiger partial charge in [-0.25, -0.2) is 4.98 Å². The van der Waals surface area contributed by atoms with E-state index >= 15 is 0 Å². The maximum atomic E-state index is 12.1. The fraction of sp³-hybridized carbons (Fsp3) is 0.667. The van der Waals surface area contributed by atoms with Gasteiger partial charge >= 0.3 is 0 Å². The molecule has 1 fully saturated rings. The third-order valence-electron chi connectivity index (χ3n) is 3.93. The van der Waals surface area contributed by atoms with Crippen LogP contribution in [0.2, 0.25) is 0 Å². The summed E-state index contributed by atoms with van der Waals surface area (Å²) in [5.41, 5.74) is 5.30. The second kappa shape index (κ2) is 8.52. The zero-order valence-corrected chi connectivity index (χ0v) is 14.3. The second-order valence-electron chi connectivity index (χ2n) is 5.75. The monoisotopic (exact) mass is 357 g/mol. The second-order valence-corrected chi connectivity index (χ2v) is 6.64. The van der Waals surface area contributed by atoms with E-state index in [1.54, 1.807) is 0 Å². The zero-order valence-electron chi connectivity index (χ0n) is 13.5. The molecule has 2 amide bonds. The number of nitrogens with two attached hydrogens (primary N) is 1. The van der Waals surface area contributed by atoms with Gasteiger partial charge in [-0.15, -0.1) is 11.3 Å². The lowest BCUT2D eigenvalue weighted by molar-refractivity contribution is -0.122. The van der Waals surface area contributed by atoms with E-state index in [9.17, 15) is 19.8 Å². The SMILES string of the molecule is CCCCCC(=O)N[C@@H]1[C@H](O)[C@@H](CO)O[C@H]1c1nc(C(N)=O)cs1. The standard InChI is InChI=1S/C15H23N3O5S/c1-2-3-4-5-10(20)18-11-12(21)9(6-19)23-13(11)15-17-8(7-24-15)14(16)22/h7,9,11-13,19,21H,2-6H2,1H3,(H2,16,22)(H,18,20)/t9-,11-,12-,13-/m1/s1. The predicted molar refractivity (Wildman–Crippen MR) is 87.4 cm³/mol. The van der Waals surface area contributed by atoms with Gasteiger partial charge in [0.15, 0.2) is 0 Å². The van der Waals surface area contributed by atoms with E-state index in [2.05, 4.69) is 10.3 Å². The zero-order chi connectivity index (χ0) is 17.7. The molecule has 134 valence electrons. The van der Waals surface area contributed by atoms with Crippen molar-refractivity contribution in [2.45, 2.75) is 57.0 Å². The molecule has 0 unspecified atom stereocenters. The fourth-order valence-electron chi connectivity index (χ4n) is 2.61. The molecule has 8 nitrogen and oxygen atoms in total. The minimum atomic E-state index is -1.06. The quantitative estimate of drug-likeness (QED) is 0.487. The largest absolute Gasteiger partial charge is 0.394 e. The maximum Gasteiger partial charge on any atom is 0.268 e. The number of primary amides is 1. The highest BCUT2D eigenvalue weighted by Crippen LogP contribution is 2.35. The third-order valence-corrected chi connectivity index (χ3v) is 4.84. The van der Waals surface area contributed by atoms with Crippen molar-refractivity contribution >= 4 is 23.2 Å². The molecular formula is C15H23N3O5S. The Kier molecular flexibility index (Phi) is 6.67. The first-order chi connectivity index (χ1) is 11.5. The number of amides is 2. The molecule has 4 atom stereocenters. The van der Waals surface area contributed by atoms with E-state index in [0.717, 1.165) is 30.6 Å². The highest BCUT2D eigenvalue weighted by molar-refractivity contribution is 7.09. The smallest absolute Gasteiger partial charge is 0.268 e. The fourth-order valence-corrected chi connectivity index (χ4v) is 3.50. The van der Waals surface area contributed by atoms with Crippen LogP contribution in [-0.4, -0.2) is 51.9 Å². The Morgan fingerprint density at radius 1 is 1.46 bits per heavy atom. The number of aliphatic hydroxyl groups is 2. The molecular weight excluding hydrogens is 334 g/mol. The summed E-state index contributed by atoms with van der Waals surface area (Å²) >= 11 is 1.16. The minimum absolute atomic E-state index is 0.105. The molecule has 0 radical (unpaired) electrons. The molecule has 24 heavy (non-hydrogen) atoms. The highest BCUT2D eigenvalue weighted by Gasteiger charge is 2.46. The number of aliphatic hydroxyl groups excluding tert-OH is 2. The van der Waals surface area contributed by atoms with Crippen molar-refractivity contribution in [1.29, 1.82) is 0 Å². The van der Waals surface area contributed by atoms with Gasteiger partial charge in [-0.1, -0.05) is 19.8 Å². The number of ether oxygens (including phenoxy) is 1. The molecule has 1 aromatic rings. The van der Waals surface area contributed by atoms with Crippen LogP contribution in [0.5, 0.6) is 0 Å². The van der Waals surface area contributed by atoms with Gasteiger partial charge in [0.05, 0.1) is 12.6 Å². The summed E-state index contributed by atoms with van der Waals surface area (Å²) in [7, 11) is 0. The Morgan fingerprint density at radius 2 is 2.21 bits per heavy atom. The summed E-state index contributed by atoms with van der Waals surface area (Å²) in [6.45, 7) is 1.67. The average molecular weight is 357 g/mol. The van der Waals surface area contributed by atoms with Crippen LogP contribution in [-0.2, 0) is 9.53 Å². The first-order valence-corrected chi connectivity index (χ1v) is 8.84. The Labute approximate surface area is 144 Å². The number of hydrogen-bond acceptors (Lipinski definition) is 7. The molecule has 0 aromatic carbocycles. The van der Waals surface area contributed by atoms with E-state index in [4.69, 9.17) is 10.5 Å². The molecule has 0 bridgehead atoms. The van der Waals surface area contributed by atoms with E-state index in [1.807, 2.05) is 6.92 Å². The number of aromatic nitrogens is 1. The van der Waals surface area contributed by atoms with Crippen LogP contribution in [0.1, 0.15) is 54.2 Å². The predicted octanol–water partition coefficient (Wildman–Crippen LogP) is 0.100. The van der Waals surface area contributed by atoms with Gasteiger partial charge < -0.3 is 26.0 Å². The number of rotatable bonds is 8. The van der Waals surface area contributed by atoms with Crippen LogP contribution in [0.3, 0.4) is 0 Å². The maximum absolute atomic E-state index is 12.1. The summed E-state index contributed by atoms with van der Waals surface area (Å²) in [6.07, 6.45) is 0.473. The first kappa shape index (κ1) is 18.8. The number of nitrogens with one attached hydrogen (secondary N) is 1. The molecule has 1 aliphatic heterocycles. The Bertz CT molecular complexity index is 579. The van der Waals surface area contributed by atoms with Gasteiger partial charge in [0.1, 0.15) is 29.0 Å². The lowest BCUT2D eigenvalue weighted by Gasteiger charge is -2.20. The molecule has 1 aromatic heterocycles. The molecule has 1 saturated heterocycles. The van der Waals surface area contributed by atoms with Gasteiger partial charge in [0, 0.05) is 11.8 Å². The minimum Gasteiger partial charge on any atom is -0.394 e. The summed E-state index contributed by atoms with van der Waals surface area (Å²) in [4.78, 5) is 27.4. The van der Waals surface area contributed by atoms with Gasteiger partial charge in [-0.2, -0.15) is 0 Å². The molecule has 9 heteroatoms. The van der Waals surface area contributed by atoms with E-state index in [1.165, 1.54) is 5.38 Å². The van der Waals surface area contributed by atoms with Crippen molar-refractivity contribution in [3.05, 3.63) is 16.1 Å². The van der Waals surface area contributed by atoms with Gasteiger partial charge in [-0.3, -0.25) is 9.59 Å². The summed E-state index contributed by atoms with van der Waals surface area (Å²) in [6, 6.07) is -0.733. The van der Waals surface area contributed by atoms with Crippen molar-refractivity contribution < 1.29 is 24.5 Å². The van der Waals surface area contributed by atoms with Crippen molar-refractivity contribution in [1.82, 2.24) is 10.3 Å². The topological polar surface area (TPSA) is 135 Å². The van der Waals surface area contributed by atoms with Gasteiger partial charge in [0.2, 0.25) is 5.91 Å². The summed E-state index contributed by atoms with van der Waals surface area (Å²) < 4.78 is 5.62. The van der Waals surface area contributed by atoms with Crippen LogP contribution in [0.4, 0.5) is 0 Å². The van der Waals surface area contributed by atoms with E-state index in [0.29, 0.717) is 11.4 Å². The molecule has 5 N–H and O–H groups in total. The van der Waals surface area contributed by atoms with Crippen molar-refractivity contribution in [3.63, 3.8) is 0 Å². The molecule has 2 heterocycles. The lowest BCUT2D eigenvalue weighted by atomic mass is 10.0. The van der Waals surface area contributed by atoms with Crippen molar-refractivity contribution in [2.24, 2.45) is 5.73 Å². The number of thiazole rings is 1. The molecule has 0 saturated carbocycles. The van der Waals surface area contributed by atoms with Crippen molar-refractivity contribution in [3.8, 4) is 0 Å². The number of carbonyl (C=O) groups is 2. The number of nitrogens with zero attached hydrogens (tertiary/aromatic N) is 1. The molecule has 0 spiro atoms. The molecule has 2 rings (SSSR count). The molecule has 1 aliphatic rings.